The Hall–Kier alpha value is -3.60. The normalized spacial score (nSPS) is 11.6. The van der Waals surface area contributed by atoms with E-state index in [4.69, 9.17) is 4.42 Å². The Morgan fingerprint density at radius 1 is 1.10 bits per heavy atom. The molecule has 2 aromatic heterocycles. The number of hydrogen-bond acceptors (Lipinski definition) is 7. The van der Waals surface area contributed by atoms with E-state index in [1.807, 2.05) is 6.26 Å². The predicted octanol–water partition coefficient (Wildman–Crippen LogP) is 0.829. The minimum absolute atomic E-state index is 0.0502. The van der Waals surface area contributed by atoms with Crippen molar-refractivity contribution in [2.45, 2.75) is 12.5 Å². The van der Waals surface area contributed by atoms with Crippen LogP contribution in [0.5, 0.6) is 0 Å². The first-order valence-electron chi connectivity index (χ1n) is 8.92. The maximum Gasteiger partial charge on any atom is 0.290 e. The molecular weight excluding hydrogens is 410 g/mol. The number of carbonyl (C=O) groups is 3. The lowest BCUT2D eigenvalue weighted by molar-refractivity contribution is -0.123. The van der Waals surface area contributed by atoms with Crippen LogP contribution in [-0.2, 0) is 4.79 Å². The van der Waals surface area contributed by atoms with Crippen LogP contribution in [0.4, 0.5) is 0 Å². The van der Waals surface area contributed by atoms with Crippen LogP contribution in [0.3, 0.4) is 0 Å². The molecule has 0 unspecified atom stereocenters. The van der Waals surface area contributed by atoms with Crippen molar-refractivity contribution in [2.24, 2.45) is 0 Å². The van der Waals surface area contributed by atoms with E-state index in [-0.39, 0.29) is 11.5 Å². The lowest BCUT2D eigenvalue weighted by atomic mass is 10.1. The molecule has 1 atom stereocenters. The summed E-state index contributed by atoms with van der Waals surface area (Å²) in [6, 6.07) is 8.63. The predicted molar refractivity (Wildman–Crippen MR) is 111 cm³/mol. The fourth-order valence-electron chi connectivity index (χ4n) is 2.69. The van der Waals surface area contributed by atoms with Gasteiger partial charge in [0, 0.05) is 5.39 Å². The van der Waals surface area contributed by atoms with Gasteiger partial charge in [0.05, 0.1) is 11.6 Å². The van der Waals surface area contributed by atoms with Crippen LogP contribution in [0.15, 0.2) is 51.9 Å². The third-order valence-corrected chi connectivity index (χ3v) is 4.83. The Kier molecular flexibility index (Phi) is 6.86. The Morgan fingerprint density at radius 3 is 2.57 bits per heavy atom. The molecule has 0 fully saturated rings. The van der Waals surface area contributed by atoms with Gasteiger partial charge in [-0.2, -0.15) is 16.9 Å². The number of thioether (sulfide) groups is 1. The number of aromatic amines is 1. The third kappa shape index (κ3) is 4.87. The minimum atomic E-state index is -0.893. The lowest BCUT2D eigenvalue weighted by Gasteiger charge is -2.18. The topological polar surface area (TPSA) is 146 Å². The van der Waals surface area contributed by atoms with Crippen molar-refractivity contribution in [2.75, 3.05) is 12.0 Å². The average Bonchev–Trinajstić information content (AvgIpc) is 3.30. The number of H-pyrrole nitrogens is 1. The van der Waals surface area contributed by atoms with Crippen LogP contribution in [0.25, 0.3) is 10.8 Å². The number of fused-ring (bicyclic) bond motifs is 1. The van der Waals surface area contributed by atoms with Crippen LogP contribution >= 0.6 is 11.8 Å². The van der Waals surface area contributed by atoms with Gasteiger partial charge in [0.25, 0.3) is 23.3 Å². The Bertz CT molecular complexity index is 1110. The molecular formula is C19H19N5O5S. The molecule has 11 heteroatoms. The largest absolute Gasteiger partial charge is 0.459 e. The average molecular weight is 429 g/mol. The maximum absolute atomic E-state index is 12.5. The highest BCUT2D eigenvalue weighted by Crippen LogP contribution is 2.12. The van der Waals surface area contributed by atoms with E-state index in [9.17, 15) is 19.2 Å². The number of nitrogens with one attached hydrogen (secondary N) is 4. The van der Waals surface area contributed by atoms with Gasteiger partial charge in [0.15, 0.2) is 11.5 Å². The molecule has 0 saturated heterocycles. The standard InChI is InChI=1S/C19H19N5O5S/c1-30-10-8-13(20-18(27)14-7-4-9-29-14)17(26)23-24-19(28)15-11-5-2-3-6-12(11)16(25)22-21-15/h2-7,9,13H,8,10H2,1H3,(H,20,27)(H,22,25)(H,23,26)(H,24,28)/t13-/m1/s1. The molecule has 0 aliphatic heterocycles. The van der Waals surface area contributed by atoms with Crippen molar-refractivity contribution in [3.63, 3.8) is 0 Å². The fourth-order valence-corrected chi connectivity index (χ4v) is 3.17. The molecule has 0 aliphatic carbocycles. The monoisotopic (exact) mass is 429 g/mol. The second kappa shape index (κ2) is 9.74. The van der Waals surface area contributed by atoms with Gasteiger partial charge in [-0.3, -0.25) is 30.0 Å². The van der Waals surface area contributed by atoms with Crippen molar-refractivity contribution in [3.05, 3.63) is 64.5 Å². The van der Waals surface area contributed by atoms with Gasteiger partial charge in [-0.25, -0.2) is 5.10 Å². The summed E-state index contributed by atoms with van der Waals surface area (Å²) in [7, 11) is 0. The number of aromatic nitrogens is 2. The summed E-state index contributed by atoms with van der Waals surface area (Å²) in [5.41, 5.74) is 4.09. The van der Waals surface area contributed by atoms with Crippen molar-refractivity contribution in [3.8, 4) is 0 Å². The highest BCUT2D eigenvalue weighted by molar-refractivity contribution is 7.98. The maximum atomic E-state index is 12.5. The zero-order valence-corrected chi connectivity index (χ0v) is 16.7. The van der Waals surface area contributed by atoms with E-state index in [1.165, 1.54) is 24.1 Å². The molecule has 4 N–H and O–H groups in total. The zero-order valence-electron chi connectivity index (χ0n) is 15.9. The van der Waals surface area contributed by atoms with E-state index in [2.05, 4.69) is 26.4 Å². The first-order chi connectivity index (χ1) is 14.5. The summed E-state index contributed by atoms with van der Waals surface area (Å²) in [6.07, 6.45) is 3.57. The molecule has 156 valence electrons. The summed E-state index contributed by atoms with van der Waals surface area (Å²) >= 11 is 1.51. The zero-order chi connectivity index (χ0) is 21.5. The van der Waals surface area contributed by atoms with E-state index >= 15 is 0 Å². The van der Waals surface area contributed by atoms with E-state index in [0.29, 0.717) is 22.9 Å². The van der Waals surface area contributed by atoms with E-state index in [0.717, 1.165) is 0 Å². The number of nitrogens with zero attached hydrogens (tertiary/aromatic N) is 1. The van der Waals surface area contributed by atoms with Gasteiger partial charge in [-0.15, -0.1) is 0 Å². The van der Waals surface area contributed by atoms with Gasteiger partial charge in [0.1, 0.15) is 6.04 Å². The van der Waals surface area contributed by atoms with E-state index < -0.39 is 29.3 Å². The molecule has 1 aromatic carbocycles. The molecule has 0 aliphatic rings. The molecule has 0 saturated carbocycles. The van der Waals surface area contributed by atoms with Crippen LogP contribution in [0.1, 0.15) is 27.5 Å². The number of carbonyl (C=O) groups excluding carboxylic acids is 3. The molecule has 0 spiro atoms. The second-order valence-corrected chi connectivity index (χ2v) is 7.16. The molecule has 10 nitrogen and oxygen atoms in total. The van der Waals surface area contributed by atoms with Crippen LogP contribution in [0.2, 0.25) is 0 Å². The summed E-state index contributed by atoms with van der Waals surface area (Å²) in [6.45, 7) is 0. The summed E-state index contributed by atoms with van der Waals surface area (Å²) in [4.78, 5) is 49.1. The number of hydrazine groups is 1. The highest BCUT2D eigenvalue weighted by Gasteiger charge is 2.23. The number of amides is 3. The fraction of sp³-hybridized carbons (Fsp3) is 0.211. The van der Waals surface area contributed by atoms with Gasteiger partial charge in [-0.05, 0) is 36.6 Å². The van der Waals surface area contributed by atoms with Gasteiger partial charge in [0.2, 0.25) is 0 Å². The third-order valence-electron chi connectivity index (χ3n) is 4.19. The summed E-state index contributed by atoms with van der Waals surface area (Å²) < 4.78 is 5.03. The van der Waals surface area contributed by atoms with E-state index in [1.54, 1.807) is 30.3 Å². The number of rotatable bonds is 7. The molecule has 0 bridgehead atoms. The van der Waals surface area contributed by atoms with Crippen molar-refractivity contribution in [1.29, 1.82) is 0 Å². The molecule has 3 amide bonds. The number of hydrogen-bond donors (Lipinski definition) is 4. The van der Waals surface area contributed by atoms with Crippen LogP contribution in [-0.4, -0.2) is 46.0 Å². The summed E-state index contributed by atoms with van der Waals surface area (Å²) in [5.74, 6) is -1.18. The van der Waals surface area contributed by atoms with Crippen molar-refractivity contribution < 1.29 is 18.8 Å². The lowest BCUT2D eigenvalue weighted by Crippen LogP contribution is -2.52. The SMILES string of the molecule is CSCC[C@@H](NC(=O)c1ccco1)C(=O)NNC(=O)c1n[nH]c(=O)c2ccccc12. The van der Waals surface area contributed by atoms with Crippen LogP contribution in [0, 0.1) is 0 Å². The minimum Gasteiger partial charge on any atom is -0.459 e. The van der Waals surface area contributed by atoms with Gasteiger partial charge < -0.3 is 9.73 Å². The number of benzene rings is 1. The molecule has 3 rings (SSSR count). The van der Waals surface area contributed by atoms with Gasteiger partial charge in [-0.1, -0.05) is 18.2 Å². The van der Waals surface area contributed by atoms with Crippen LogP contribution < -0.4 is 21.7 Å². The quantitative estimate of drug-likeness (QED) is 0.407. The van der Waals surface area contributed by atoms with Crippen molar-refractivity contribution >= 4 is 40.3 Å². The molecule has 30 heavy (non-hydrogen) atoms. The Balaban J connectivity index is 1.69. The second-order valence-electron chi connectivity index (χ2n) is 6.18. The molecule has 2 heterocycles. The Morgan fingerprint density at radius 2 is 1.87 bits per heavy atom. The number of furan rings is 1. The summed E-state index contributed by atoms with van der Waals surface area (Å²) in [5, 5.41) is 9.26. The van der Waals surface area contributed by atoms with Gasteiger partial charge >= 0.3 is 0 Å². The Labute approximate surface area is 174 Å². The first kappa shape index (κ1) is 21.1. The smallest absolute Gasteiger partial charge is 0.290 e. The first-order valence-corrected chi connectivity index (χ1v) is 10.3. The molecule has 0 radical (unpaired) electrons. The van der Waals surface area contributed by atoms with Crippen molar-refractivity contribution in [1.82, 2.24) is 26.4 Å². The highest BCUT2D eigenvalue weighted by atomic mass is 32.2. The molecule has 3 aromatic rings.